The number of aliphatic carboxylic acids is 1. The van der Waals surface area contributed by atoms with Gasteiger partial charge in [0.2, 0.25) is 0 Å². The van der Waals surface area contributed by atoms with Crippen molar-refractivity contribution in [2.24, 2.45) is 10.9 Å². The smallest absolute Gasteiger partial charge is 0.338 e. The lowest BCUT2D eigenvalue weighted by atomic mass is 9.95. The zero-order chi connectivity index (χ0) is 28.3. The maximum atomic E-state index is 15.0. The molecule has 4 rings (SSSR count). The third-order valence-electron chi connectivity index (χ3n) is 6.34. The largest absolute Gasteiger partial charge is 0.480 e. The number of nitrogens with zero attached hydrogens (tertiary/aromatic N) is 4. The van der Waals surface area contributed by atoms with Crippen molar-refractivity contribution < 1.29 is 32.6 Å². The average molecular weight is 586 g/mol. The molecular formula is C25H27ClF3N5O4S. The number of benzene rings is 1. The second-order valence-corrected chi connectivity index (χ2v) is 10.6. The Bertz CT molecular complexity index is 1290. The van der Waals surface area contributed by atoms with Gasteiger partial charge in [0.05, 0.1) is 25.3 Å². The van der Waals surface area contributed by atoms with Gasteiger partial charge < -0.3 is 15.2 Å². The first kappa shape index (κ1) is 29.0. The van der Waals surface area contributed by atoms with Gasteiger partial charge >= 0.3 is 11.9 Å². The Labute approximate surface area is 231 Å². The molecule has 0 spiro atoms. The number of rotatable bonds is 10. The molecule has 9 nitrogen and oxygen atoms in total. The van der Waals surface area contributed by atoms with Crippen LogP contribution in [0.4, 0.5) is 13.2 Å². The van der Waals surface area contributed by atoms with Crippen LogP contribution < -0.4 is 5.32 Å². The molecule has 2 atom stereocenters. The summed E-state index contributed by atoms with van der Waals surface area (Å²) < 4.78 is 49.1. The molecule has 2 aliphatic rings. The normalized spacial score (nSPS) is 21.2. The number of halogens is 4. The van der Waals surface area contributed by atoms with E-state index in [0.717, 1.165) is 6.07 Å². The standard InChI is InChI=1S/C25H27ClF3N5O4S/c1-3-38-24(37)20-18(11-34-10-14(25(28,29)13-34)9-33(2)12-19(35)36)31-22(23-30-6-7-39-23)32-21(20)16-5-4-15(27)8-17(16)26/h4-8,14,21H,3,9-13H2,1-2H3,(H,31,32)(H,35,36)/t14?,21-/m0/s1. The molecule has 1 aromatic heterocycles. The lowest BCUT2D eigenvalue weighted by Crippen LogP contribution is -2.39. The second-order valence-electron chi connectivity index (χ2n) is 9.34. The highest BCUT2D eigenvalue weighted by Crippen LogP contribution is 2.38. The number of hydrogen-bond acceptors (Lipinski definition) is 9. The van der Waals surface area contributed by atoms with Gasteiger partial charge in [-0.1, -0.05) is 17.7 Å². The summed E-state index contributed by atoms with van der Waals surface area (Å²) in [5, 5.41) is 14.4. The average Bonchev–Trinajstić information content (AvgIpc) is 3.46. The molecule has 0 aliphatic carbocycles. The van der Waals surface area contributed by atoms with Crippen molar-refractivity contribution >= 4 is 40.7 Å². The van der Waals surface area contributed by atoms with Crippen LogP contribution in [0.25, 0.3) is 0 Å². The molecule has 39 heavy (non-hydrogen) atoms. The third kappa shape index (κ3) is 6.78. The number of carboxylic acids is 1. The number of esters is 1. The Morgan fingerprint density at radius 2 is 2.15 bits per heavy atom. The minimum absolute atomic E-state index is 0.0378. The Balaban J connectivity index is 1.71. The minimum atomic E-state index is -3.09. The van der Waals surface area contributed by atoms with E-state index in [1.807, 2.05) is 0 Å². The summed E-state index contributed by atoms with van der Waals surface area (Å²) in [7, 11) is 1.48. The van der Waals surface area contributed by atoms with Gasteiger partial charge in [-0.3, -0.25) is 19.6 Å². The van der Waals surface area contributed by atoms with Gasteiger partial charge in [-0.05, 0) is 26.1 Å². The molecule has 2 N–H and O–H groups in total. The number of aromatic nitrogens is 1. The van der Waals surface area contributed by atoms with Crippen LogP contribution in [0.5, 0.6) is 0 Å². The lowest BCUT2D eigenvalue weighted by Gasteiger charge is -2.29. The predicted molar refractivity (Wildman–Crippen MR) is 140 cm³/mol. The minimum Gasteiger partial charge on any atom is -0.480 e. The first-order valence-corrected chi connectivity index (χ1v) is 13.3. The van der Waals surface area contributed by atoms with Crippen molar-refractivity contribution in [3.63, 3.8) is 0 Å². The fraction of sp³-hybridized carbons (Fsp3) is 0.440. The molecule has 3 heterocycles. The Morgan fingerprint density at radius 3 is 2.79 bits per heavy atom. The summed E-state index contributed by atoms with van der Waals surface area (Å²) in [4.78, 5) is 36.0. The number of alkyl halides is 2. The van der Waals surface area contributed by atoms with Crippen molar-refractivity contribution in [1.82, 2.24) is 20.1 Å². The first-order valence-electron chi connectivity index (χ1n) is 12.1. The van der Waals surface area contributed by atoms with E-state index in [9.17, 15) is 22.8 Å². The highest BCUT2D eigenvalue weighted by atomic mass is 35.5. The van der Waals surface area contributed by atoms with Crippen LogP contribution in [0.2, 0.25) is 5.02 Å². The highest BCUT2D eigenvalue weighted by molar-refractivity contribution is 7.11. The number of carbonyl (C=O) groups is 2. The molecule has 1 fully saturated rings. The zero-order valence-electron chi connectivity index (χ0n) is 21.2. The van der Waals surface area contributed by atoms with Crippen molar-refractivity contribution in [3.05, 3.63) is 62.5 Å². The van der Waals surface area contributed by atoms with E-state index in [0.29, 0.717) is 16.4 Å². The van der Waals surface area contributed by atoms with Gasteiger partial charge in [0, 0.05) is 53.4 Å². The fourth-order valence-electron chi connectivity index (χ4n) is 4.71. The molecule has 0 bridgehead atoms. The number of likely N-dealkylation sites (tertiary alicyclic amines) is 1. The number of amidine groups is 1. The molecule has 0 radical (unpaired) electrons. The van der Waals surface area contributed by atoms with Crippen LogP contribution in [0.1, 0.15) is 23.5 Å². The number of nitrogens with one attached hydrogen (secondary N) is 1. The van der Waals surface area contributed by atoms with E-state index in [2.05, 4.69) is 15.3 Å². The lowest BCUT2D eigenvalue weighted by molar-refractivity contribution is -0.139. The van der Waals surface area contributed by atoms with E-state index in [4.69, 9.17) is 21.4 Å². The molecule has 1 unspecified atom stereocenters. The predicted octanol–water partition coefficient (Wildman–Crippen LogP) is 3.43. The summed E-state index contributed by atoms with van der Waals surface area (Å²) in [5.41, 5.74) is 0.698. The van der Waals surface area contributed by atoms with E-state index in [1.54, 1.807) is 18.5 Å². The number of hydrogen-bond donors (Lipinski definition) is 2. The zero-order valence-corrected chi connectivity index (χ0v) is 22.7. The first-order chi connectivity index (χ1) is 18.5. The Hall–Kier alpha value is -3.00. The molecule has 0 saturated carbocycles. The highest BCUT2D eigenvalue weighted by Gasteiger charge is 2.49. The number of carbonyl (C=O) groups excluding carboxylic acids is 1. The number of aliphatic imine (C=N–C) groups is 1. The van der Waals surface area contributed by atoms with Gasteiger partial charge in [0.15, 0.2) is 10.8 Å². The van der Waals surface area contributed by atoms with E-state index in [-0.39, 0.29) is 49.1 Å². The van der Waals surface area contributed by atoms with Crippen LogP contribution >= 0.6 is 22.9 Å². The maximum absolute atomic E-state index is 15.0. The molecular weight excluding hydrogens is 559 g/mol. The third-order valence-corrected chi connectivity index (χ3v) is 7.45. The molecule has 14 heteroatoms. The Kier molecular flexibility index (Phi) is 8.94. The summed E-state index contributed by atoms with van der Waals surface area (Å²) >= 11 is 7.65. The van der Waals surface area contributed by atoms with Gasteiger partial charge in [-0.15, -0.1) is 11.3 Å². The maximum Gasteiger partial charge on any atom is 0.338 e. The van der Waals surface area contributed by atoms with Gasteiger partial charge in [-0.2, -0.15) is 0 Å². The van der Waals surface area contributed by atoms with Crippen LogP contribution in [0.15, 0.2) is 46.0 Å². The van der Waals surface area contributed by atoms with Gasteiger partial charge in [0.25, 0.3) is 5.92 Å². The molecule has 1 aromatic carbocycles. The van der Waals surface area contributed by atoms with Crippen LogP contribution in [-0.2, 0) is 14.3 Å². The van der Waals surface area contributed by atoms with Gasteiger partial charge in [0.1, 0.15) is 11.9 Å². The van der Waals surface area contributed by atoms with Crippen molar-refractivity contribution in [3.8, 4) is 0 Å². The Morgan fingerprint density at radius 1 is 1.38 bits per heavy atom. The van der Waals surface area contributed by atoms with E-state index >= 15 is 0 Å². The van der Waals surface area contributed by atoms with E-state index in [1.165, 1.54) is 40.3 Å². The van der Waals surface area contributed by atoms with Crippen LogP contribution in [-0.4, -0.2) is 90.0 Å². The number of thiazole rings is 1. The number of ether oxygens (including phenoxy) is 1. The van der Waals surface area contributed by atoms with Crippen LogP contribution in [0.3, 0.4) is 0 Å². The van der Waals surface area contributed by atoms with Crippen molar-refractivity contribution in [1.29, 1.82) is 0 Å². The molecule has 1 saturated heterocycles. The number of carboxylic acid groups (broad SMARTS) is 1. The molecule has 210 valence electrons. The second kappa shape index (κ2) is 12.0. The van der Waals surface area contributed by atoms with Crippen LogP contribution in [0, 0.1) is 11.7 Å². The molecule has 2 aromatic rings. The monoisotopic (exact) mass is 585 g/mol. The molecule has 2 aliphatic heterocycles. The topological polar surface area (TPSA) is 107 Å². The summed E-state index contributed by atoms with van der Waals surface area (Å²) in [6, 6.07) is 2.72. The van der Waals surface area contributed by atoms with E-state index < -0.39 is 42.2 Å². The van der Waals surface area contributed by atoms with Crippen molar-refractivity contribution in [2.45, 2.75) is 18.9 Å². The molecule has 0 amide bonds. The summed E-state index contributed by atoms with van der Waals surface area (Å²) in [5.74, 6) is -6.28. The summed E-state index contributed by atoms with van der Waals surface area (Å²) in [6.07, 6.45) is 1.58. The quantitative estimate of drug-likeness (QED) is 0.409. The number of likely N-dealkylation sites (N-methyl/N-ethyl adjacent to an activating group) is 1. The van der Waals surface area contributed by atoms with Crippen molar-refractivity contribution in [2.75, 3.05) is 46.4 Å². The van der Waals surface area contributed by atoms with Gasteiger partial charge in [-0.25, -0.2) is 22.9 Å². The SMILES string of the molecule is CCOC(=O)C1=C(CN2CC(CN(C)CC(=O)O)C(F)(F)C2)NC(c2nccs2)=N[C@H]1c1ccc(F)cc1Cl. The fourth-order valence-corrected chi connectivity index (χ4v) is 5.57. The summed E-state index contributed by atoms with van der Waals surface area (Å²) in [6.45, 7) is 0.505.